The molecule has 0 radical (unpaired) electrons. The molecule has 2 fully saturated rings. The highest BCUT2D eigenvalue weighted by Crippen LogP contribution is 2.28. The van der Waals surface area contributed by atoms with Crippen molar-refractivity contribution in [2.45, 2.75) is 45.1 Å². The van der Waals surface area contributed by atoms with Crippen molar-refractivity contribution in [1.82, 2.24) is 15.1 Å². The summed E-state index contributed by atoms with van der Waals surface area (Å²) in [6, 6.07) is 6.32. The van der Waals surface area contributed by atoms with Gasteiger partial charge in [0.1, 0.15) is 0 Å². The third kappa shape index (κ3) is 5.47. The van der Waals surface area contributed by atoms with E-state index < -0.39 is 5.97 Å². The van der Waals surface area contributed by atoms with E-state index in [0.29, 0.717) is 45.1 Å². The van der Waals surface area contributed by atoms with Crippen molar-refractivity contribution in [2.24, 2.45) is 5.92 Å². The van der Waals surface area contributed by atoms with Crippen molar-refractivity contribution in [3.05, 3.63) is 35.4 Å². The summed E-state index contributed by atoms with van der Waals surface area (Å²) in [5, 5.41) is 11.8. The quantitative estimate of drug-likeness (QED) is 0.813. The van der Waals surface area contributed by atoms with Gasteiger partial charge in [0.2, 0.25) is 5.91 Å². The molecule has 7 nitrogen and oxygen atoms in total. The van der Waals surface area contributed by atoms with Crippen molar-refractivity contribution < 1.29 is 19.5 Å². The fraction of sp³-hybridized carbons (Fsp3) is 0.571. The van der Waals surface area contributed by atoms with Gasteiger partial charge in [0.05, 0.1) is 5.56 Å². The zero-order chi connectivity index (χ0) is 19.9. The molecule has 0 unspecified atom stereocenters. The van der Waals surface area contributed by atoms with Crippen molar-refractivity contribution in [3.8, 4) is 0 Å². The Morgan fingerprint density at radius 2 is 1.57 bits per heavy atom. The third-order valence-electron chi connectivity index (χ3n) is 5.72. The maximum atomic E-state index is 12.5. The number of rotatable bonds is 5. The van der Waals surface area contributed by atoms with Gasteiger partial charge in [-0.3, -0.25) is 4.79 Å². The van der Waals surface area contributed by atoms with Crippen LogP contribution in [0.3, 0.4) is 0 Å². The van der Waals surface area contributed by atoms with Gasteiger partial charge in [-0.2, -0.15) is 0 Å². The fourth-order valence-electron chi connectivity index (χ4n) is 4.02. The lowest BCUT2D eigenvalue weighted by atomic mass is 10.0. The molecular formula is C21H29N3O4. The Hall–Kier alpha value is -2.57. The molecule has 1 aliphatic heterocycles. The van der Waals surface area contributed by atoms with Gasteiger partial charge in [0.15, 0.2) is 0 Å². The molecule has 152 valence electrons. The van der Waals surface area contributed by atoms with Crippen LogP contribution in [0.25, 0.3) is 0 Å². The molecule has 2 N–H and O–H groups in total. The van der Waals surface area contributed by atoms with Crippen LogP contribution in [0.5, 0.6) is 0 Å². The van der Waals surface area contributed by atoms with Gasteiger partial charge in [-0.1, -0.05) is 25.0 Å². The molecule has 1 aromatic carbocycles. The summed E-state index contributed by atoms with van der Waals surface area (Å²) in [4.78, 5) is 39.6. The molecule has 1 heterocycles. The summed E-state index contributed by atoms with van der Waals surface area (Å²) >= 11 is 0. The van der Waals surface area contributed by atoms with Gasteiger partial charge in [0, 0.05) is 39.1 Å². The Bertz CT molecular complexity index is 698. The maximum absolute atomic E-state index is 12.5. The second-order valence-corrected chi connectivity index (χ2v) is 7.74. The monoisotopic (exact) mass is 387 g/mol. The number of nitrogens with zero attached hydrogens (tertiary/aromatic N) is 2. The third-order valence-corrected chi connectivity index (χ3v) is 5.72. The van der Waals surface area contributed by atoms with E-state index in [2.05, 4.69) is 5.32 Å². The Balaban J connectivity index is 1.44. The predicted octanol–water partition coefficient (Wildman–Crippen LogP) is 2.71. The van der Waals surface area contributed by atoms with Gasteiger partial charge in [-0.25, -0.2) is 9.59 Å². The second kappa shape index (κ2) is 9.57. The Morgan fingerprint density at radius 3 is 2.25 bits per heavy atom. The summed E-state index contributed by atoms with van der Waals surface area (Å²) in [6.45, 7) is 2.83. The molecule has 1 aliphatic carbocycles. The fourth-order valence-corrected chi connectivity index (χ4v) is 4.02. The van der Waals surface area contributed by atoms with Crippen molar-refractivity contribution >= 4 is 17.9 Å². The van der Waals surface area contributed by atoms with Crippen LogP contribution in [0.1, 0.15) is 54.4 Å². The minimum atomic E-state index is -0.966. The summed E-state index contributed by atoms with van der Waals surface area (Å²) in [7, 11) is 0. The van der Waals surface area contributed by atoms with Gasteiger partial charge >= 0.3 is 12.0 Å². The maximum Gasteiger partial charge on any atom is 0.335 e. The van der Waals surface area contributed by atoms with Gasteiger partial charge in [0.25, 0.3) is 0 Å². The standard InChI is InChI=1S/C21H29N3O4/c25-19(14-16-4-1-2-5-16)23-10-3-11-24(13-12-23)21(28)22-15-17-6-8-18(9-7-17)20(26)27/h6-9,16H,1-5,10-15H2,(H,22,28)(H,26,27). The molecular weight excluding hydrogens is 358 g/mol. The van der Waals surface area contributed by atoms with Crippen LogP contribution in [0.2, 0.25) is 0 Å². The lowest BCUT2D eigenvalue weighted by molar-refractivity contribution is -0.132. The van der Waals surface area contributed by atoms with Crippen molar-refractivity contribution in [2.75, 3.05) is 26.2 Å². The van der Waals surface area contributed by atoms with Crippen LogP contribution in [-0.4, -0.2) is 59.0 Å². The van der Waals surface area contributed by atoms with E-state index in [1.165, 1.54) is 37.8 Å². The number of carboxylic acids is 1. The van der Waals surface area contributed by atoms with E-state index in [0.717, 1.165) is 12.0 Å². The highest BCUT2D eigenvalue weighted by atomic mass is 16.4. The first-order chi connectivity index (χ1) is 13.5. The number of hydrogen-bond acceptors (Lipinski definition) is 3. The normalized spacial score (nSPS) is 18.0. The van der Waals surface area contributed by atoms with Crippen LogP contribution in [0, 0.1) is 5.92 Å². The number of carbonyl (C=O) groups excluding carboxylic acids is 2. The Labute approximate surface area is 165 Å². The van der Waals surface area contributed by atoms with Gasteiger partial charge < -0.3 is 20.2 Å². The highest BCUT2D eigenvalue weighted by Gasteiger charge is 2.25. The first kappa shape index (κ1) is 20.2. The molecule has 3 rings (SSSR count). The number of urea groups is 1. The van der Waals surface area contributed by atoms with E-state index in [9.17, 15) is 14.4 Å². The summed E-state index contributed by atoms with van der Waals surface area (Å²) in [5.74, 6) is -0.192. The lowest BCUT2D eigenvalue weighted by Gasteiger charge is -2.23. The van der Waals surface area contributed by atoms with Crippen LogP contribution < -0.4 is 5.32 Å². The molecule has 0 bridgehead atoms. The van der Waals surface area contributed by atoms with Crippen LogP contribution >= 0.6 is 0 Å². The number of carboxylic acid groups (broad SMARTS) is 1. The first-order valence-electron chi connectivity index (χ1n) is 10.2. The molecule has 1 saturated carbocycles. The Morgan fingerprint density at radius 1 is 0.929 bits per heavy atom. The van der Waals surface area contributed by atoms with E-state index in [1.54, 1.807) is 17.0 Å². The molecule has 0 atom stereocenters. The lowest BCUT2D eigenvalue weighted by Crippen LogP contribution is -2.42. The largest absolute Gasteiger partial charge is 0.478 e. The molecule has 28 heavy (non-hydrogen) atoms. The summed E-state index contributed by atoms with van der Waals surface area (Å²) < 4.78 is 0. The highest BCUT2D eigenvalue weighted by molar-refractivity contribution is 5.87. The minimum Gasteiger partial charge on any atom is -0.478 e. The molecule has 0 aromatic heterocycles. The van der Waals surface area contributed by atoms with E-state index >= 15 is 0 Å². The number of hydrogen-bond donors (Lipinski definition) is 2. The number of aromatic carboxylic acids is 1. The molecule has 1 aromatic rings. The zero-order valence-corrected chi connectivity index (χ0v) is 16.2. The first-order valence-corrected chi connectivity index (χ1v) is 10.2. The van der Waals surface area contributed by atoms with E-state index in [-0.39, 0.29) is 17.5 Å². The number of benzene rings is 1. The van der Waals surface area contributed by atoms with Crippen LogP contribution in [0.4, 0.5) is 4.79 Å². The number of nitrogens with one attached hydrogen (secondary N) is 1. The van der Waals surface area contributed by atoms with Crippen molar-refractivity contribution in [1.29, 1.82) is 0 Å². The molecule has 7 heteroatoms. The second-order valence-electron chi connectivity index (χ2n) is 7.74. The average Bonchev–Trinajstić information content (AvgIpc) is 3.07. The SMILES string of the molecule is O=C(O)c1ccc(CNC(=O)N2CCCN(C(=O)CC3CCCC3)CC2)cc1. The molecule has 1 saturated heterocycles. The number of amides is 3. The van der Waals surface area contributed by atoms with Crippen LogP contribution in [-0.2, 0) is 11.3 Å². The van der Waals surface area contributed by atoms with Crippen molar-refractivity contribution in [3.63, 3.8) is 0 Å². The summed E-state index contributed by atoms with van der Waals surface area (Å²) in [6.07, 6.45) is 6.26. The zero-order valence-electron chi connectivity index (χ0n) is 16.2. The molecule has 2 aliphatic rings. The van der Waals surface area contributed by atoms with E-state index in [4.69, 9.17) is 5.11 Å². The summed E-state index contributed by atoms with van der Waals surface area (Å²) in [5.41, 5.74) is 1.08. The van der Waals surface area contributed by atoms with Gasteiger partial charge in [-0.05, 0) is 42.9 Å². The predicted molar refractivity (Wildman–Crippen MR) is 105 cm³/mol. The van der Waals surface area contributed by atoms with Crippen LogP contribution in [0.15, 0.2) is 24.3 Å². The minimum absolute atomic E-state index is 0.146. The Kier molecular flexibility index (Phi) is 6.90. The van der Waals surface area contributed by atoms with E-state index in [1.807, 2.05) is 4.90 Å². The smallest absolute Gasteiger partial charge is 0.335 e. The topological polar surface area (TPSA) is 89.9 Å². The molecule has 0 spiro atoms. The average molecular weight is 387 g/mol. The van der Waals surface area contributed by atoms with Gasteiger partial charge in [-0.15, -0.1) is 0 Å². The number of carbonyl (C=O) groups is 3. The molecule has 3 amide bonds.